The fourth-order valence-corrected chi connectivity index (χ4v) is 5.06. The second-order valence-corrected chi connectivity index (χ2v) is 8.01. The minimum Gasteiger partial charge on any atom is -0.326 e. The number of hydrogen-bond acceptors (Lipinski definition) is 3. The van der Waals surface area contributed by atoms with E-state index in [9.17, 15) is 8.42 Å². The Kier molecular flexibility index (Phi) is 5.30. The Bertz CT molecular complexity index is 616. The Morgan fingerprint density at radius 2 is 2.14 bits per heavy atom. The van der Waals surface area contributed by atoms with Gasteiger partial charge in [0.05, 0.1) is 4.90 Å². The van der Waals surface area contributed by atoms with E-state index >= 15 is 0 Å². The predicted octanol–water partition coefficient (Wildman–Crippen LogP) is 2.92. The molecule has 0 radical (unpaired) electrons. The molecule has 1 aromatic rings. The Morgan fingerprint density at radius 3 is 2.76 bits per heavy atom. The molecule has 1 aliphatic heterocycles. The van der Waals surface area contributed by atoms with E-state index in [1.54, 1.807) is 23.4 Å². The van der Waals surface area contributed by atoms with Crippen molar-refractivity contribution >= 4 is 21.6 Å². The van der Waals surface area contributed by atoms with Gasteiger partial charge in [0.2, 0.25) is 10.0 Å². The lowest BCUT2D eigenvalue weighted by Crippen LogP contribution is -2.40. The van der Waals surface area contributed by atoms with Crippen LogP contribution < -0.4 is 5.73 Å². The van der Waals surface area contributed by atoms with Gasteiger partial charge in [0.25, 0.3) is 0 Å². The number of halogens is 1. The molecule has 0 saturated carbocycles. The number of benzene rings is 1. The van der Waals surface area contributed by atoms with Crippen LogP contribution in [-0.4, -0.2) is 25.8 Å². The Labute approximate surface area is 132 Å². The van der Waals surface area contributed by atoms with Gasteiger partial charge in [0.15, 0.2) is 0 Å². The van der Waals surface area contributed by atoms with Crippen molar-refractivity contribution in [2.75, 3.05) is 13.1 Å². The first-order chi connectivity index (χ1) is 9.90. The van der Waals surface area contributed by atoms with Crippen LogP contribution in [-0.2, 0) is 16.6 Å². The van der Waals surface area contributed by atoms with E-state index in [0.717, 1.165) is 24.8 Å². The molecule has 0 bridgehead atoms. The van der Waals surface area contributed by atoms with Gasteiger partial charge < -0.3 is 5.73 Å². The van der Waals surface area contributed by atoms with Crippen LogP contribution >= 0.6 is 11.6 Å². The molecule has 0 spiro atoms. The third-order valence-corrected chi connectivity index (χ3v) is 6.54. The van der Waals surface area contributed by atoms with Gasteiger partial charge in [0, 0.05) is 24.7 Å². The molecule has 2 N–H and O–H groups in total. The summed E-state index contributed by atoms with van der Waals surface area (Å²) in [6, 6.07) is 3.28. The third kappa shape index (κ3) is 3.42. The fraction of sp³-hybridized carbons (Fsp3) is 0.600. The van der Waals surface area contributed by atoms with Gasteiger partial charge in [-0.2, -0.15) is 4.31 Å². The summed E-state index contributed by atoms with van der Waals surface area (Å²) < 4.78 is 27.4. The van der Waals surface area contributed by atoms with Gasteiger partial charge in [-0.15, -0.1) is 0 Å². The van der Waals surface area contributed by atoms with Gasteiger partial charge in [-0.05, 0) is 48.9 Å². The van der Waals surface area contributed by atoms with Crippen LogP contribution in [0.15, 0.2) is 17.0 Å². The largest absolute Gasteiger partial charge is 0.326 e. The fourth-order valence-electron chi connectivity index (χ4n) is 2.91. The van der Waals surface area contributed by atoms with Crippen LogP contribution in [0, 0.1) is 12.8 Å². The highest BCUT2D eigenvalue weighted by molar-refractivity contribution is 7.89. The molecule has 1 aromatic carbocycles. The second-order valence-electron chi connectivity index (χ2n) is 5.67. The summed E-state index contributed by atoms with van der Waals surface area (Å²) in [4.78, 5) is 0.298. The zero-order valence-corrected chi connectivity index (χ0v) is 14.2. The summed E-state index contributed by atoms with van der Waals surface area (Å²) in [5.41, 5.74) is 7.18. The van der Waals surface area contributed by atoms with Gasteiger partial charge in [-0.1, -0.05) is 24.9 Å². The number of piperidine rings is 1. The Hall–Kier alpha value is -0.620. The smallest absolute Gasteiger partial charge is 0.243 e. The molecule has 1 saturated heterocycles. The van der Waals surface area contributed by atoms with Crippen molar-refractivity contribution in [2.24, 2.45) is 11.7 Å². The number of nitrogens with zero attached hydrogens (tertiary/aromatic N) is 1. The molecule has 1 atom stereocenters. The SMILES string of the molecule is CCC1CCCN(S(=O)(=O)c2cc(Cl)cc(CN)c2C)C1. The predicted molar refractivity (Wildman–Crippen MR) is 85.9 cm³/mol. The summed E-state index contributed by atoms with van der Waals surface area (Å²) in [7, 11) is -3.50. The molecular formula is C15H23ClN2O2S. The molecule has 6 heteroatoms. The first-order valence-electron chi connectivity index (χ1n) is 7.39. The van der Waals surface area contributed by atoms with Crippen LogP contribution in [0.25, 0.3) is 0 Å². The van der Waals surface area contributed by atoms with E-state index in [2.05, 4.69) is 6.92 Å². The Balaban J connectivity index is 2.42. The first-order valence-corrected chi connectivity index (χ1v) is 9.21. The van der Waals surface area contributed by atoms with Crippen molar-refractivity contribution in [3.63, 3.8) is 0 Å². The van der Waals surface area contributed by atoms with E-state index in [0.29, 0.717) is 34.5 Å². The highest BCUT2D eigenvalue weighted by Gasteiger charge is 2.31. The van der Waals surface area contributed by atoms with Crippen LogP contribution in [0.3, 0.4) is 0 Å². The van der Waals surface area contributed by atoms with Crippen LogP contribution in [0.5, 0.6) is 0 Å². The molecule has 0 aromatic heterocycles. The van der Waals surface area contributed by atoms with Gasteiger partial charge in [-0.3, -0.25) is 0 Å². The summed E-state index contributed by atoms with van der Waals surface area (Å²) >= 11 is 6.06. The summed E-state index contributed by atoms with van der Waals surface area (Å²) in [5.74, 6) is 0.446. The van der Waals surface area contributed by atoms with Gasteiger partial charge in [-0.25, -0.2) is 8.42 Å². The topological polar surface area (TPSA) is 63.4 Å². The molecular weight excluding hydrogens is 308 g/mol. The molecule has 1 aliphatic rings. The summed E-state index contributed by atoms with van der Waals surface area (Å²) in [6.45, 7) is 5.38. The number of rotatable bonds is 4. The maximum atomic E-state index is 12.9. The molecule has 0 amide bonds. The molecule has 1 heterocycles. The van der Waals surface area contributed by atoms with Crippen LogP contribution in [0.2, 0.25) is 5.02 Å². The van der Waals surface area contributed by atoms with Crippen molar-refractivity contribution in [1.82, 2.24) is 4.31 Å². The minimum absolute atomic E-state index is 0.284. The van der Waals surface area contributed by atoms with Crippen molar-refractivity contribution in [3.8, 4) is 0 Å². The van der Waals surface area contributed by atoms with Crippen LogP contribution in [0.4, 0.5) is 0 Å². The highest BCUT2D eigenvalue weighted by Crippen LogP contribution is 2.30. The van der Waals surface area contributed by atoms with Crippen molar-refractivity contribution in [3.05, 3.63) is 28.3 Å². The maximum Gasteiger partial charge on any atom is 0.243 e. The average molecular weight is 331 g/mol. The molecule has 4 nitrogen and oxygen atoms in total. The Morgan fingerprint density at radius 1 is 1.43 bits per heavy atom. The lowest BCUT2D eigenvalue weighted by atomic mass is 9.97. The number of hydrogen-bond donors (Lipinski definition) is 1. The molecule has 1 fully saturated rings. The number of nitrogens with two attached hydrogens (primary N) is 1. The molecule has 0 aliphatic carbocycles. The maximum absolute atomic E-state index is 12.9. The lowest BCUT2D eigenvalue weighted by Gasteiger charge is -2.32. The van der Waals surface area contributed by atoms with Gasteiger partial charge in [0.1, 0.15) is 0 Å². The zero-order valence-electron chi connectivity index (χ0n) is 12.6. The van der Waals surface area contributed by atoms with Gasteiger partial charge >= 0.3 is 0 Å². The van der Waals surface area contributed by atoms with E-state index in [4.69, 9.17) is 17.3 Å². The molecule has 21 heavy (non-hydrogen) atoms. The molecule has 1 unspecified atom stereocenters. The number of sulfonamides is 1. The monoisotopic (exact) mass is 330 g/mol. The summed E-state index contributed by atoms with van der Waals surface area (Å²) in [6.07, 6.45) is 3.03. The minimum atomic E-state index is -3.50. The normalized spacial score (nSPS) is 20.7. The first kappa shape index (κ1) is 16.7. The van der Waals surface area contributed by atoms with E-state index in [-0.39, 0.29) is 6.54 Å². The molecule has 2 rings (SSSR count). The zero-order chi connectivity index (χ0) is 15.6. The van der Waals surface area contributed by atoms with Crippen molar-refractivity contribution < 1.29 is 8.42 Å². The second kappa shape index (κ2) is 6.65. The standard InChI is InChI=1S/C15H23ClN2O2S/c1-3-12-5-4-6-18(10-12)21(19,20)15-8-14(16)7-13(9-17)11(15)2/h7-8,12H,3-6,9-10,17H2,1-2H3. The van der Waals surface area contributed by atoms with Crippen LogP contribution in [0.1, 0.15) is 37.3 Å². The van der Waals surface area contributed by atoms with E-state index in [1.165, 1.54) is 0 Å². The lowest BCUT2D eigenvalue weighted by molar-refractivity contribution is 0.261. The highest BCUT2D eigenvalue weighted by atomic mass is 35.5. The van der Waals surface area contributed by atoms with E-state index in [1.807, 2.05) is 0 Å². The average Bonchev–Trinajstić information content (AvgIpc) is 2.49. The van der Waals surface area contributed by atoms with Crippen molar-refractivity contribution in [2.45, 2.75) is 44.6 Å². The summed E-state index contributed by atoms with van der Waals surface area (Å²) in [5, 5.41) is 0.420. The molecule has 118 valence electrons. The quantitative estimate of drug-likeness (QED) is 0.923. The van der Waals surface area contributed by atoms with Crippen molar-refractivity contribution in [1.29, 1.82) is 0 Å². The third-order valence-electron chi connectivity index (χ3n) is 4.33. The van der Waals surface area contributed by atoms with E-state index < -0.39 is 10.0 Å².